The monoisotopic (exact) mass is 441 g/mol. The molecule has 0 radical (unpaired) electrons. The summed E-state index contributed by atoms with van der Waals surface area (Å²) < 4.78 is 5.99. The number of para-hydroxylation sites is 1. The molecule has 0 aliphatic carbocycles. The Hall–Kier alpha value is -4.33. The molecule has 1 aromatic heterocycles. The molecule has 8 heteroatoms. The van der Waals surface area contributed by atoms with E-state index in [1.165, 1.54) is 0 Å². The summed E-state index contributed by atoms with van der Waals surface area (Å²) in [4.78, 5) is 26.8. The van der Waals surface area contributed by atoms with Crippen molar-refractivity contribution < 1.29 is 14.3 Å². The van der Waals surface area contributed by atoms with E-state index in [9.17, 15) is 9.59 Å². The highest BCUT2D eigenvalue weighted by atomic mass is 16.5. The van der Waals surface area contributed by atoms with Crippen LogP contribution in [0, 0.1) is 0 Å². The van der Waals surface area contributed by atoms with Gasteiger partial charge in [-0.15, -0.1) is 0 Å². The van der Waals surface area contributed by atoms with E-state index in [1.54, 1.807) is 17.0 Å². The molecule has 2 heterocycles. The smallest absolute Gasteiger partial charge is 0.320 e. The summed E-state index contributed by atoms with van der Waals surface area (Å²) in [6.07, 6.45) is 0.0790. The topological polar surface area (TPSA) is 99.3 Å². The van der Waals surface area contributed by atoms with E-state index in [4.69, 9.17) is 4.74 Å². The fourth-order valence-electron chi connectivity index (χ4n) is 3.89. The molecule has 5 rings (SSSR count). The Bertz CT molecular complexity index is 1270. The third kappa shape index (κ3) is 4.50. The van der Waals surface area contributed by atoms with Crippen LogP contribution in [0.15, 0.2) is 78.9 Å². The SMILES string of the molecule is O=C(NCc1ccccc1)Nc1n[nH]c2cc(OC3CCN(c4ccccc4)C3=O)ccc12. The average molecular weight is 441 g/mol. The van der Waals surface area contributed by atoms with Gasteiger partial charge in [-0.25, -0.2) is 4.79 Å². The lowest BCUT2D eigenvalue weighted by atomic mass is 10.2. The molecule has 0 spiro atoms. The standard InChI is InChI=1S/C25H23N5O3/c31-24-22(13-14-30(24)18-9-5-2-6-10-18)33-19-11-12-20-21(15-19)28-29-23(20)27-25(32)26-16-17-7-3-1-4-8-17/h1-12,15,22H,13-14,16H2,(H3,26,27,28,29,32). The number of nitrogens with zero attached hydrogens (tertiary/aromatic N) is 2. The third-order valence-corrected chi connectivity index (χ3v) is 5.56. The van der Waals surface area contributed by atoms with E-state index in [-0.39, 0.29) is 11.9 Å². The van der Waals surface area contributed by atoms with E-state index < -0.39 is 6.10 Å². The number of urea groups is 1. The van der Waals surface area contributed by atoms with E-state index >= 15 is 0 Å². The van der Waals surface area contributed by atoms with Crippen molar-refractivity contribution in [3.63, 3.8) is 0 Å². The zero-order chi connectivity index (χ0) is 22.6. The average Bonchev–Trinajstić information content (AvgIpc) is 3.42. The van der Waals surface area contributed by atoms with Crippen molar-refractivity contribution >= 4 is 34.3 Å². The number of anilines is 2. The lowest BCUT2D eigenvalue weighted by Gasteiger charge is -2.17. The van der Waals surface area contributed by atoms with Gasteiger partial charge in [0.15, 0.2) is 11.9 Å². The molecule has 3 aromatic carbocycles. The molecule has 166 valence electrons. The van der Waals surface area contributed by atoms with Crippen LogP contribution in [0.1, 0.15) is 12.0 Å². The molecule has 1 aliphatic rings. The second kappa shape index (κ2) is 9.04. The molecule has 1 fully saturated rings. The van der Waals surface area contributed by atoms with Gasteiger partial charge in [-0.1, -0.05) is 48.5 Å². The molecule has 1 atom stereocenters. The highest BCUT2D eigenvalue weighted by Crippen LogP contribution is 2.28. The third-order valence-electron chi connectivity index (χ3n) is 5.56. The molecular weight excluding hydrogens is 418 g/mol. The first kappa shape index (κ1) is 20.6. The molecule has 1 aliphatic heterocycles. The lowest BCUT2D eigenvalue weighted by molar-refractivity contribution is -0.122. The van der Waals surface area contributed by atoms with Crippen LogP contribution in [0.4, 0.5) is 16.3 Å². The van der Waals surface area contributed by atoms with Crippen molar-refractivity contribution in [2.75, 3.05) is 16.8 Å². The van der Waals surface area contributed by atoms with Crippen molar-refractivity contribution in [1.82, 2.24) is 15.5 Å². The summed E-state index contributed by atoms with van der Waals surface area (Å²) in [7, 11) is 0. The number of H-pyrrole nitrogens is 1. The quantitative estimate of drug-likeness (QED) is 0.420. The van der Waals surface area contributed by atoms with Gasteiger partial charge in [-0.3, -0.25) is 15.2 Å². The van der Waals surface area contributed by atoms with Gasteiger partial charge >= 0.3 is 6.03 Å². The van der Waals surface area contributed by atoms with Crippen molar-refractivity contribution in [3.05, 3.63) is 84.4 Å². The molecule has 0 saturated carbocycles. The lowest BCUT2D eigenvalue weighted by Crippen LogP contribution is -2.32. The molecule has 8 nitrogen and oxygen atoms in total. The number of ether oxygens (including phenoxy) is 1. The zero-order valence-corrected chi connectivity index (χ0v) is 17.8. The molecule has 33 heavy (non-hydrogen) atoms. The van der Waals surface area contributed by atoms with Crippen LogP contribution in [0.2, 0.25) is 0 Å². The Morgan fingerprint density at radius 2 is 1.82 bits per heavy atom. The van der Waals surface area contributed by atoms with Crippen LogP contribution in [-0.4, -0.2) is 34.8 Å². The van der Waals surface area contributed by atoms with Gasteiger partial charge in [-0.2, -0.15) is 5.10 Å². The van der Waals surface area contributed by atoms with Crippen LogP contribution < -0.4 is 20.3 Å². The zero-order valence-electron chi connectivity index (χ0n) is 17.8. The first-order chi connectivity index (χ1) is 16.2. The van der Waals surface area contributed by atoms with Crippen molar-refractivity contribution in [2.24, 2.45) is 0 Å². The van der Waals surface area contributed by atoms with Gasteiger partial charge in [0.1, 0.15) is 5.75 Å². The number of fused-ring (bicyclic) bond motifs is 1. The minimum Gasteiger partial charge on any atom is -0.480 e. The number of carbonyl (C=O) groups excluding carboxylic acids is 2. The van der Waals surface area contributed by atoms with Crippen LogP contribution in [0.3, 0.4) is 0 Å². The van der Waals surface area contributed by atoms with Crippen molar-refractivity contribution in [1.29, 1.82) is 0 Å². The Kier molecular flexibility index (Phi) is 5.63. The van der Waals surface area contributed by atoms with E-state index in [2.05, 4.69) is 20.8 Å². The van der Waals surface area contributed by atoms with Crippen LogP contribution >= 0.6 is 0 Å². The van der Waals surface area contributed by atoms with Gasteiger partial charge in [0.25, 0.3) is 5.91 Å². The van der Waals surface area contributed by atoms with Gasteiger partial charge in [0, 0.05) is 36.7 Å². The van der Waals surface area contributed by atoms with Gasteiger partial charge in [0.05, 0.1) is 5.52 Å². The predicted octanol–water partition coefficient (Wildman–Crippen LogP) is 4.07. The number of amides is 3. The van der Waals surface area contributed by atoms with Gasteiger partial charge in [-0.05, 0) is 29.8 Å². The predicted molar refractivity (Wildman–Crippen MR) is 126 cm³/mol. The molecule has 3 N–H and O–H groups in total. The molecule has 1 saturated heterocycles. The fourth-order valence-corrected chi connectivity index (χ4v) is 3.89. The summed E-state index contributed by atoms with van der Waals surface area (Å²) in [5, 5.41) is 13.4. The number of hydrogen-bond acceptors (Lipinski definition) is 4. The van der Waals surface area contributed by atoms with E-state index in [1.807, 2.05) is 66.7 Å². The Morgan fingerprint density at radius 3 is 2.61 bits per heavy atom. The maximum Gasteiger partial charge on any atom is 0.320 e. The maximum absolute atomic E-state index is 12.8. The Labute approximate surface area is 190 Å². The molecule has 4 aromatic rings. The van der Waals surface area contributed by atoms with Crippen LogP contribution in [0.5, 0.6) is 5.75 Å². The molecular formula is C25H23N5O3. The van der Waals surface area contributed by atoms with Crippen molar-refractivity contribution in [2.45, 2.75) is 19.1 Å². The summed E-state index contributed by atoms with van der Waals surface area (Å²) in [5.74, 6) is 0.942. The second-order valence-corrected chi connectivity index (χ2v) is 7.79. The second-order valence-electron chi connectivity index (χ2n) is 7.79. The van der Waals surface area contributed by atoms with Crippen LogP contribution in [0.25, 0.3) is 10.9 Å². The number of benzene rings is 3. The summed E-state index contributed by atoms with van der Waals surface area (Å²) in [6.45, 7) is 1.04. The first-order valence-electron chi connectivity index (χ1n) is 10.8. The summed E-state index contributed by atoms with van der Waals surface area (Å²) in [6, 6.07) is 24.3. The Balaban J connectivity index is 1.22. The highest BCUT2D eigenvalue weighted by molar-refractivity contribution is 6.00. The van der Waals surface area contributed by atoms with Crippen LogP contribution in [-0.2, 0) is 11.3 Å². The molecule has 1 unspecified atom stereocenters. The number of nitrogens with one attached hydrogen (secondary N) is 3. The number of rotatable bonds is 6. The van der Waals surface area contributed by atoms with Crippen molar-refractivity contribution in [3.8, 4) is 5.75 Å². The normalized spacial score (nSPS) is 15.6. The first-order valence-corrected chi connectivity index (χ1v) is 10.8. The highest BCUT2D eigenvalue weighted by Gasteiger charge is 2.34. The minimum absolute atomic E-state index is 0.0525. The number of aromatic nitrogens is 2. The Morgan fingerprint density at radius 1 is 1.06 bits per heavy atom. The van der Waals surface area contributed by atoms with Gasteiger partial charge < -0.3 is 15.0 Å². The van der Waals surface area contributed by atoms with E-state index in [0.717, 1.165) is 16.6 Å². The maximum atomic E-state index is 12.8. The molecule has 0 bridgehead atoms. The van der Waals surface area contributed by atoms with E-state index in [0.29, 0.717) is 36.6 Å². The minimum atomic E-state index is -0.535. The van der Waals surface area contributed by atoms with Gasteiger partial charge in [0.2, 0.25) is 0 Å². The fraction of sp³-hybridized carbons (Fsp3) is 0.160. The summed E-state index contributed by atoms with van der Waals surface area (Å²) >= 11 is 0. The molecule has 3 amide bonds. The number of carbonyl (C=O) groups is 2. The number of hydrogen-bond donors (Lipinski definition) is 3. The summed E-state index contributed by atoms with van der Waals surface area (Å²) in [5.41, 5.74) is 2.59. The number of aromatic amines is 1. The largest absolute Gasteiger partial charge is 0.480 e.